The van der Waals surface area contributed by atoms with Crippen LogP contribution in [-0.2, 0) is 9.59 Å². The smallest absolute Gasteiger partial charge is 0.250 e. The van der Waals surface area contributed by atoms with Gasteiger partial charge in [-0.1, -0.05) is 32.3 Å². The molecular weight excluding hydrogens is 368 g/mol. The fourth-order valence-electron chi connectivity index (χ4n) is 4.47. The lowest BCUT2D eigenvalue weighted by atomic mass is 9.91. The maximum absolute atomic E-state index is 13.6. The van der Waals surface area contributed by atoms with Crippen LogP contribution < -0.4 is 9.47 Å². The topological polar surface area (TPSA) is 59.1 Å². The third-order valence-corrected chi connectivity index (χ3v) is 5.80. The van der Waals surface area contributed by atoms with Crippen molar-refractivity contribution in [3.8, 4) is 11.5 Å². The van der Waals surface area contributed by atoms with E-state index in [1.54, 1.807) is 12.0 Å². The quantitative estimate of drug-likeness (QED) is 0.693. The van der Waals surface area contributed by atoms with Crippen LogP contribution in [0.15, 0.2) is 18.2 Å². The number of benzene rings is 1. The summed E-state index contributed by atoms with van der Waals surface area (Å²) in [6.07, 6.45) is 6.28. The Hall–Kier alpha value is -2.24. The average molecular weight is 403 g/mol. The van der Waals surface area contributed by atoms with E-state index in [0.717, 1.165) is 37.7 Å². The molecule has 1 heterocycles. The van der Waals surface area contributed by atoms with Crippen LogP contribution in [0.2, 0.25) is 0 Å². The molecule has 160 valence electrons. The predicted octanol–water partition coefficient (Wildman–Crippen LogP) is 3.94. The van der Waals surface area contributed by atoms with Crippen LogP contribution >= 0.6 is 0 Å². The number of carbonyl (C=O) groups is 2. The number of rotatable bonds is 7. The number of hydrogen-bond acceptors (Lipinski definition) is 4. The molecule has 0 unspecified atom stereocenters. The Labute approximate surface area is 174 Å². The largest absolute Gasteiger partial charge is 0.493 e. The second-order valence-corrected chi connectivity index (χ2v) is 8.32. The molecule has 0 bridgehead atoms. The molecule has 1 aliphatic carbocycles. The summed E-state index contributed by atoms with van der Waals surface area (Å²) in [7, 11) is 1.60. The van der Waals surface area contributed by atoms with Gasteiger partial charge in [-0.3, -0.25) is 9.59 Å². The molecule has 6 heteroatoms. The standard InChI is InChI=1S/C23H34N2O4/c1-5-13-24-21(26)15-25(18-9-7-6-8-10-18)23(27)22(24)17-11-12-19(29-16(2)3)20(14-17)28-4/h11-12,14,16,18,22H,5-10,13,15H2,1-4H3/t22-/m0/s1. The van der Waals surface area contributed by atoms with Crippen molar-refractivity contribution in [2.75, 3.05) is 20.2 Å². The van der Waals surface area contributed by atoms with Crippen molar-refractivity contribution in [2.45, 2.75) is 77.5 Å². The number of ether oxygens (including phenoxy) is 2. The van der Waals surface area contributed by atoms with Crippen molar-refractivity contribution >= 4 is 11.8 Å². The van der Waals surface area contributed by atoms with Crippen LogP contribution in [0.25, 0.3) is 0 Å². The van der Waals surface area contributed by atoms with Crippen LogP contribution in [0, 0.1) is 0 Å². The lowest BCUT2D eigenvalue weighted by molar-refractivity contribution is -0.159. The molecule has 0 aromatic heterocycles. The Morgan fingerprint density at radius 3 is 2.45 bits per heavy atom. The maximum atomic E-state index is 13.6. The number of methoxy groups -OCH3 is 1. The summed E-state index contributed by atoms with van der Waals surface area (Å²) in [5, 5.41) is 0. The van der Waals surface area contributed by atoms with E-state index < -0.39 is 6.04 Å². The van der Waals surface area contributed by atoms with E-state index in [0.29, 0.717) is 18.0 Å². The molecule has 29 heavy (non-hydrogen) atoms. The van der Waals surface area contributed by atoms with E-state index in [9.17, 15) is 9.59 Å². The van der Waals surface area contributed by atoms with Crippen molar-refractivity contribution in [1.29, 1.82) is 0 Å². The fraction of sp³-hybridized carbons (Fsp3) is 0.652. The van der Waals surface area contributed by atoms with E-state index in [1.165, 1.54) is 6.42 Å². The number of hydrogen-bond donors (Lipinski definition) is 0. The van der Waals surface area contributed by atoms with Gasteiger partial charge in [-0.15, -0.1) is 0 Å². The van der Waals surface area contributed by atoms with E-state index in [2.05, 4.69) is 0 Å². The van der Waals surface area contributed by atoms with E-state index in [-0.39, 0.29) is 30.5 Å². The molecule has 1 aromatic carbocycles. The zero-order valence-corrected chi connectivity index (χ0v) is 18.1. The summed E-state index contributed by atoms with van der Waals surface area (Å²) < 4.78 is 11.3. The van der Waals surface area contributed by atoms with Crippen LogP contribution in [0.3, 0.4) is 0 Å². The lowest BCUT2D eigenvalue weighted by Crippen LogP contribution is -2.58. The fourth-order valence-corrected chi connectivity index (χ4v) is 4.47. The van der Waals surface area contributed by atoms with Crippen LogP contribution in [0.5, 0.6) is 11.5 Å². The van der Waals surface area contributed by atoms with Gasteiger partial charge < -0.3 is 19.3 Å². The summed E-state index contributed by atoms with van der Waals surface area (Å²) in [6, 6.07) is 5.16. The SMILES string of the molecule is CCCN1C(=O)CN(C2CCCCC2)C(=O)[C@@H]1c1ccc(OC(C)C)c(OC)c1. The third-order valence-electron chi connectivity index (χ3n) is 5.80. The van der Waals surface area contributed by atoms with Crippen LogP contribution in [0.4, 0.5) is 0 Å². The number of piperazine rings is 1. The minimum absolute atomic E-state index is 0.0195. The Balaban J connectivity index is 1.95. The van der Waals surface area contributed by atoms with Gasteiger partial charge in [-0.05, 0) is 50.8 Å². The molecule has 0 spiro atoms. The molecule has 1 aromatic rings. The monoisotopic (exact) mass is 402 g/mol. The van der Waals surface area contributed by atoms with Crippen molar-refractivity contribution < 1.29 is 19.1 Å². The first-order valence-corrected chi connectivity index (χ1v) is 10.9. The summed E-state index contributed by atoms with van der Waals surface area (Å²) in [5.41, 5.74) is 0.783. The second-order valence-electron chi connectivity index (χ2n) is 8.32. The molecule has 0 radical (unpaired) electrons. The molecular formula is C23H34N2O4. The van der Waals surface area contributed by atoms with Gasteiger partial charge in [0.1, 0.15) is 12.6 Å². The zero-order chi connectivity index (χ0) is 21.0. The first-order valence-electron chi connectivity index (χ1n) is 10.9. The van der Waals surface area contributed by atoms with Gasteiger partial charge in [0, 0.05) is 12.6 Å². The maximum Gasteiger partial charge on any atom is 0.250 e. The molecule has 3 rings (SSSR count). The van der Waals surface area contributed by atoms with Gasteiger partial charge in [0.25, 0.3) is 5.91 Å². The van der Waals surface area contributed by atoms with Gasteiger partial charge in [-0.2, -0.15) is 0 Å². The number of amides is 2. The van der Waals surface area contributed by atoms with Gasteiger partial charge >= 0.3 is 0 Å². The number of carbonyl (C=O) groups excluding carboxylic acids is 2. The second kappa shape index (κ2) is 9.51. The van der Waals surface area contributed by atoms with Crippen molar-refractivity contribution in [3.05, 3.63) is 23.8 Å². The highest BCUT2D eigenvalue weighted by Gasteiger charge is 2.42. The molecule has 2 aliphatic rings. The van der Waals surface area contributed by atoms with Gasteiger partial charge in [-0.25, -0.2) is 0 Å². The molecule has 1 saturated heterocycles. The number of nitrogens with zero attached hydrogens (tertiary/aromatic N) is 2. The van der Waals surface area contributed by atoms with Gasteiger partial charge in [0.15, 0.2) is 11.5 Å². The normalized spacial score (nSPS) is 21.1. The molecule has 2 fully saturated rings. The molecule has 1 aliphatic heterocycles. The van der Waals surface area contributed by atoms with Crippen molar-refractivity contribution in [1.82, 2.24) is 9.80 Å². The van der Waals surface area contributed by atoms with E-state index in [4.69, 9.17) is 9.47 Å². The van der Waals surface area contributed by atoms with E-state index in [1.807, 2.05) is 43.9 Å². The summed E-state index contributed by atoms with van der Waals surface area (Å²) >= 11 is 0. The third kappa shape index (κ3) is 4.68. The molecule has 0 N–H and O–H groups in total. The van der Waals surface area contributed by atoms with Crippen molar-refractivity contribution in [3.63, 3.8) is 0 Å². The highest BCUT2D eigenvalue weighted by atomic mass is 16.5. The molecule has 1 saturated carbocycles. The molecule has 2 amide bonds. The Morgan fingerprint density at radius 2 is 1.83 bits per heavy atom. The van der Waals surface area contributed by atoms with E-state index >= 15 is 0 Å². The van der Waals surface area contributed by atoms with Crippen LogP contribution in [-0.4, -0.2) is 54.0 Å². The zero-order valence-electron chi connectivity index (χ0n) is 18.1. The minimum atomic E-state index is -0.597. The minimum Gasteiger partial charge on any atom is -0.493 e. The first-order chi connectivity index (χ1) is 14.0. The Bertz CT molecular complexity index is 728. The molecule has 1 atom stereocenters. The first kappa shape index (κ1) is 21.5. The highest BCUT2D eigenvalue weighted by Crippen LogP contribution is 2.36. The summed E-state index contributed by atoms with van der Waals surface area (Å²) in [5.74, 6) is 1.29. The predicted molar refractivity (Wildman–Crippen MR) is 112 cm³/mol. The molecule has 6 nitrogen and oxygen atoms in total. The van der Waals surface area contributed by atoms with Gasteiger partial charge in [0.05, 0.1) is 13.2 Å². The van der Waals surface area contributed by atoms with Crippen LogP contribution in [0.1, 0.15) is 70.9 Å². The summed E-state index contributed by atoms with van der Waals surface area (Å²) in [6.45, 7) is 6.72. The highest BCUT2D eigenvalue weighted by molar-refractivity contribution is 5.96. The lowest BCUT2D eigenvalue weighted by Gasteiger charge is -2.44. The average Bonchev–Trinajstić information content (AvgIpc) is 2.71. The van der Waals surface area contributed by atoms with Gasteiger partial charge in [0.2, 0.25) is 5.91 Å². The Kier molecular flexibility index (Phi) is 7.04. The summed E-state index contributed by atoms with van der Waals surface area (Å²) in [4.78, 5) is 30.2. The van der Waals surface area contributed by atoms with Crippen molar-refractivity contribution in [2.24, 2.45) is 0 Å². The Morgan fingerprint density at radius 1 is 1.10 bits per heavy atom.